The molecule has 0 bridgehead atoms. The van der Waals surface area contributed by atoms with Gasteiger partial charge >= 0.3 is 0 Å². The van der Waals surface area contributed by atoms with Gasteiger partial charge in [0.2, 0.25) is 11.8 Å². The van der Waals surface area contributed by atoms with Crippen molar-refractivity contribution in [1.82, 2.24) is 4.90 Å². The van der Waals surface area contributed by atoms with Crippen molar-refractivity contribution < 1.29 is 19.1 Å². The Morgan fingerprint density at radius 1 is 0.824 bits per heavy atom. The maximum Gasteiger partial charge on any atom is 0.240 e. The number of imide groups is 1. The summed E-state index contributed by atoms with van der Waals surface area (Å²) in [4.78, 5) is 44.8. The van der Waals surface area contributed by atoms with E-state index >= 15 is 0 Å². The summed E-state index contributed by atoms with van der Waals surface area (Å²) < 4.78 is 5.45. The van der Waals surface area contributed by atoms with E-state index in [0.717, 1.165) is 11.1 Å². The van der Waals surface area contributed by atoms with E-state index in [4.69, 9.17) is 4.74 Å². The lowest BCUT2D eigenvalue weighted by molar-refractivity contribution is -0.123. The average molecular weight is 450 g/mol. The SMILES string of the molecule is COc1ccccc1N1C(=O)C2C(C1=O)C1c3ccccc3C=CN1C2C(=O)c1ccccc1. The van der Waals surface area contributed by atoms with Crippen LogP contribution in [0.25, 0.3) is 6.08 Å². The highest BCUT2D eigenvalue weighted by molar-refractivity contribution is 6.25. The predicted octanol–water partition coefficient (Wildman–Crippen LogP) is 4.09. The number of hydrogen-bond donors (Lipinski definition) is 0. The number of methoxy groups -OCH3 is 1. The molecular weight excluding hydrogens is 428 g/mol. The second-order valence-corrected chi connectivity index (χ2v) is 8.75. The molecule has 0 radical (unpaired) electrons. The van der Waals surface area contributed by atoms with E-state index in [-0.39, 0.29) is 17.6 Å². The lowest BCUT2D eigenvalue weighted by atomic mass is 9.83. The van der Waals surface area contributed by atoms with Gasteiger partial charge in [-0.2, -0.15) is 0 Å². The third-order valence-electron chi connectivity index (χ3n) is 7.11. The Kier molecular flexibility index (Phi) is 4.62. The highest BCUT2D eigenvalue weighted by Crippen LogP contribution is 2.54. The molecule has 3 aliphatic heterocycles. The lowest BCUT2D eigenvalue weighted by Gasteiger charge is -2.35. The number of carbonyl (C=O) groups excluding carboxylic acids is 3. The third-order valence-corrected chi connectivity index (χ3v) is 7.11. The first-order valence-electron chi connectivity index (χ1n) is 11.3. The summed E-state index contributed by atoms with van der Waals surface area (Å²) in [5, 5.41) is 0. The van der Waals surface area contributed by atoms with Crippen LogP contribution in [0.4, 0.5) is 5.69 Å². The molecule has 6 heteroatoms. The van der Waals surface area contributed by atoms with Gasteiger partial charge in [0.05, 0.1) is 30.7 Å². The van der Waals surface area contributed by atoms with Crippen LogP contribution in [0, 0.1) is 11.8 Å². The number of Topliss-reactive ketones (excluding diaryl/α,β-unsaturated/α-hetero) is 1. The first kappa shape index (κ1) is 20.4. The van der Waals surface area contributed by atoms with Crippen LogP contribution in [0.15, 0.2) is 85.1 Å². The number of ketones is 1. The third kappa shape index (κ3) is 2.78. The molecule has 34 heavy (non-hydrogen) atoms. The largest absolute Gasteiger partial charge is 0.495 e. The molecule has 0 aromatic heterocycles. The molecule has 3 aromatic rings. The fraction of sp³-hybridized carbons (Fsp3) is 0.179. The van der Waals surface area contributed by atoms with Crippen molar-refractivity contribution >= 4 is 29.4 Å². The molecule has 0 spiro atoms. The number of rotatable bonds is 4. The molecule has 2 saturated heterocycles. The summed E-state index contributed by atoms with van der Waals surface area (Å²) in [5.74, 6) is -1.87. The number of carbonyl (C=O) groups is 3. The van der Waals surface area contributed by atoms with Crippen LogP contribution in [0.2, 0.25) is 0 Å². The van der Waals surface area contributed by atoms with Gasteiger partial charge in [0.15, 0.2) is 5.78 Å². The Morgan fingerprint density at radius 3 is 2.29 bits per heavy atom. The molecule has 0 N–H and O–H groups in total. The van der Waals surface area contributed by atoms with Crippen LogP contribution in [-0.2, 0) is 9.59 Å². The van der Waals surface area contributed by atoms with Crippen molar-refractivity contribution in [3.63, 3.8) is 0 Å². The van der Waals surface area contributed by atoms with Crippen molar-refractivity contribution in [1.29, 1.82) is 0 Å². The van der Waals surface area contributed by atoms with E-state index < -0.39 is 23.9 Å². The van der Waals surface area contributed by atoms with Gasteiger partial charge in [0.1, 0.15) is 11.8 Å². The van der Waals surface area contributed by atoms with E-state index in [9.17, 15) is 14.4 Å². The average Bonchev–Trinajstić information content (AvgIpc) is 3.36. The second-order valence-electron chi connectivity index (χ2n) is 8.75. The minimum Gasteiger partial charge on any atom is -0.495 e. The second kappa shape index (κ2) is 7.70. The summed E-state index contributed by atoms with van der Waals surface area (Å²) in [6.07, 6.45) is 3.82. The van der Waals surface area contributed by atoms with E-state index in [0.29, 0.717) is 17.0 Å². The van der Waals surface area contributed by atoms with E-state index in [1.165, 1.54) is 12.0 Å². The first-order chi connectivity index (χ1) is 16.6. The van der Waals surface area contributed by atoms with Crippen LogP contribution in [0.1, 0.15) is 27.5 Å². The molecule has 3 heterocycles. The normalized spacial score (nSPS) is 24.6. The Morgan fingerprint density at radius 2 is 1.50 bits per heavy atom. The van der Waals surface area contributed by atoms with Gasteiger partial charge in [0.25, 0.3) is 0 Å². The summed E-state index contributed by atoms with van der Waals surface area (Å²) in [7, 11) is 1.51. The zero-order valence-corrected chi connectivity index (χ0v) is 18.5. The van der Waals surface area contributed by atoms with Crippen molar-refractivity contribution in [3.05, 3.63) is 102 Å². The van der Waals surface area contributed by atoms with Crippen molar-refractivity contribution in [2.45, 2.75) is 12.1 Å². The number of hydrogen-bond acceptors (Lipinski definition) is 5. The minimum atomic E-state index is -0.800. The van der Waals surface area contributed by atoms with E-state index in [1.54, 1.807) is 48.5 Å². The summed E-state index contributed by atoms with van der Waals surface area (Å²) >= 11 is 0. The Labute approximate surface area is 197 Å². The standard InChI is InChI=1S/C28H22N2O4/c1-34-21-14-8-7-13-20(21)30-27(32)22-23(28(30)33)25(26(31)18-10-3-2-4-11-18)29-16-15-17-9-5-6-12-19(17)24(22)29/h2-16,22-25H,1H3. The molecular formula is C28H22N2O4. The summed E-state index contributed by atoms with van der Waals surface area (Å²) in [5.41, 5.74) is 2.87. The summed E-state index contributed by atoms with van der Waals surface area (Å²) in [6, 6.07) is 22.6. The number of nitrogens with zero attached hydrogens (tertiary/aromatic N) is 2. The van der Waals surface area contributed by atoms with Gasteiger partial charge in [-0.1, -0.05) is 66.7 Å². The van der Waals surface area contributed by atoms with Gasteiger partial charge in [-0.15, -0.1) is 0 Å². The number of anilines is 1. The molecule has 3 aromatic carbocycles. The van der Waals surface area contributed by atoms with Crippen LogP contribution in [-0.4, -0.2) is 35.6 Å². The smallest absolute Gasteiger partial charge is 0.240 e. The van der Waals surface area contributed by atoms with Gasteiger partial charge in [0, 0.05) is 11.8 Å². The van der Waals surface area contributed by atoms with Gasteiger partial charge in [-0.25, -0.2) is 4.90 Å². The van der Waals surface area contributed by atoms with Crippen molar-refractivity contribution in [2.24, 2.45) is 11.8 Å². The molecule has 4 unspecified atom stereocenters. The maximum absolute atomic E-state index is 13.9. The molecule has 6 nitrogen and oxygen atoms in total. The number of ether oxygens (including phenoxy) is 1. The monoisotopic (exact) mass is 450 g/mol. The van der Waals surface area contributed by atoms with E-state index in [1.807, 2.05) is 47.5 Å². The number of para-hydroxylation sites is 2. The highest BCUT2D eigenvalue weighted by Gasteiger charge is 2.64. The van der Waals surface area contributed by atoms with Gasteiger partial charge in [-0.05, 0) is 29.3 Å². The molecule has 168 valence electrons. The Bertz CT molecular complexity index is 1350. The number of amides is 2. The van der Waals surface area contributed by atoms with Gasteiger partial charge in [-0.3, -0.25) is 14.4 Å². The van der Waals surface area contributed by atoms with Crippen LogP contribution >= 0.6 is 0 Å². The molecule has 0 aliphatic carbocycles. The summed E-state index contributed by atoms with van der Waals surface area (Å²) in [6.45, 7) is 0. The molecule has 4 atom stereocenters. The fourth-order valence-electron chi connectivity index (χ4n) is 5.68. The minimum absolute atomic E-state index is 0.162. The van der Waals surface area contributed by atoms with Crippen LogP contribution in [0.5, 0.6) is 5.75 Å². The predicted molar refractivity (Wildman–Crippen MR) is 127 cm³/mol. The van der Waals surface area contributed by atoms with Crippen LogP contribution < -0.4 is 9.64 Å². The van der Waals surface area contributed by atoms with E-state index in [2.05, 4.69) is 0 Å². The van der Waals surface area contributed by atoms with Crippen molar-refractivity contribution in [2.75, 3.05) is 12.0 Å². The highest BCUT2D eigenvalue weighted by atomic mass is 16.5. The topological polar surface area (TPSA) is 66.9 Å². The fourth-order valence-corrected chi connectivity index (χ4v) is 5.68. The first-order valence-corrected chi connectivity index (χ1v) is 11.3. The lowest BCUT2D eigenvalue weighted by Crippen LogP contribution is -2.44. The number of benzene rings is 3. The Hall–Kier alpha value is -4.19. The zero-order chi connectivity index (χ0) is 23.4. The van der Waals surface area contributed by atoms with Crippen LogP contribution in [0.3, 0.4) is 0 Å². The quantitative estimate of drug-likeness (QED) is 0.442. The van der Waals surface area contributed by atoms with Gasteiger partial charge < -0.3 is 9.64 Å². The van der Waals surface area contributed by atoms with Crippen molar-refractivity contribution in [3.8, 4) is 5.75 Å². The Balaban J connectivity index is 1.52. The molecule has 2 amide bonds. The molecule has 3 aliphatic rings. The molecule has 2 fully saturated rings. The maximum atomic E-state index is 13.9. The molecule has 0 saturated carbocycles. The molecule has 6 rings (SSSR count). The zero-order valence-electron chi connectivity index (χ0n) is 18.5. The number of fused-ring (bicyclic) bond motifs is 5.